The Morgan fingerprint density at radius 2 is 2.08 bits per heavy atom. The van der Waals surface area contributed by atoms with E-state index < -0.39 is 10.0 Å². The van der Waals surface area contributed by atoms with E-state index in [1.54, 1.807) is 36.8 Å². The predicted molar refractivity (Wildman–Crippen MR) is 97.4 cm³/mol. The summed E-state index contributed by atoms with van der Waals surface area (Å²) in [4.78, 5) is 12.6. The van der Waals surface area contributed by atoms with Crippen molar-refractivity contribution < 1.29 is 17.9 Å². The minimum Gasteiger partial charge on any atom is -0.495 e. The molecule has 0 saturated carbocycles. The first kappa shape index (κ1) is 17.9. The zero-order chi connectivity index (χ0) is 17.9. The largest absolute Gasteiger partial charge is 0.495 e. The van der Waals surface area contributed by atoms with Crippen molar-refractivity contribution in [2.45, 2.75) is 17.1 Å². The number of nitrogens with one attached hydrogen (secondary N) is 1. The molecule has 8 heteroatoms. The SMILES string of the molecule is COc1ccccc1NC(=O)[C@@H]1CCCN(S(=O)(=O)c2cccs2)C1. The molecular formula is C17H20N2O4S2. The van der Waals surface area contributed by atoms with Crippen LogP contribution in [0.3, 0.4) is 0 Å². The van der Waals surface area contributed by atoms with Crippen LogP contribution in [0.25, 0.3) is 0 Å². The summed E-state index contributed by atoms with van der Waals surface area (Å²) < 4.78 is 32.3. The molecule has 0 aliphatic carbocycles. The van der Waals surface area contributed by atoms with E-state index in [1.807, 2.05) is 12.1 Å². The van der Waals surface area contributed by atoms with Gasteiger partial charge in [-0.15, -0.1) is 11.3 Å². The standard InChI is InChI=1S/C17H20N2O4S2/c1-23-15-8-3-2-7-14(15)18-17(20)13-6-4-10-19(12-13)25(21,22)16-9-5-11-24-16/h2-3,5,7-9,11,13H,4,6,10,12H2,1H3,(H,18,20)/t13-/m1/s1. The van der Waals surface area contributed by atoms with Gasteiger partial charge in [0.1, 0.15) is 9.96 Å². The molecule has 1 N–H and O–H groups in total. The first-order valence-electron chi connectivity index (χ1n) is 8.00. The van der Waals surface area contributed by atoms with Crippen LogP contribution in [-0.2, 0) is 14.8 Å². The number of hydrogen-bond donors (Lipinski definition) is 1. The van der Waals surface area contributed by atoms with Gasteiger partial charge in [-0.2, -0.15) is 4.31 Å². The fourth-order valence-corrected chi connectivity index (χ4v) is 5.56. The number of hydrogen-bond acceptors (Lipinski definition) is 5. The summed E-state index contributed by atoms with van der Waals surface area (Å²) in [5, 5.41) is 4.59. The second-order valence-corrected chi connectivity index (χ2v) is 8.94. The number of anilines is 1. The third kappa shape index (κ3) is 3.86. The van der Waals surface area contributed by atoms with Gasteiger partial charge in [0.15, 0.2) is 0 Å². The van der Waals surface area contributed by atoms with Crippen LogP contribution in [-0.4, -0.2) is 38.8 Å². The van der Waals surface area contributed by atoms with Gasteiger partial charge in [-0.05, 0) is 36.4 Å². The highest BCUT2D eigenvalue weighted by molar-refractivity contribution is 7.91. The molecule has 134 valence electrons. The van der Waals surface area contributed by atoms with E-state index >= 15 is 0 Å². The van der Waals surface area contributed by atoms with Crippen molar-refractivity contribution in [1.29, 1.82) is 0 Å². The smallest absolute Gasteiger partial charge is 0.252 e. The number of carbonyl (C=O) groups is 1. The molecule has 1 aliphatic heterocycles. The maximum atomic E-state index is 12.7. The third-order valence-electron chi connectivity index (χ3n) is 4.21. The van der Waals surface area contributed by atoms with Crippen molar-refractivity contribution in [2.75, 3.05) is 25.5 Å². The average Bonchev–Trinajstić information content (AvgIpc) is 3.18. The first-order valence-corrected chi connectivity index (χ1v) is 10.3. The normalized spacial score (nSPS) is 18.7. The van der Waals surface area contributed by atoms with Crippen molar-refractivity contribution in [2.24, 2.45) is 5.92 Å². The Hall–Kier alpha value is -1.90. The van der Waals surface area contributed by atoms with Crippen LogP contribution >= 0.6 is 11.3 Å². The molecular weight excluding hydrogens is 360 g/mol. The molecule has 1 aliphatic rings. The van der Waals surface area contributed by atoms with Crippen LogP contribution in [0, 0.1) is 5.92 Å². The minimum atomic E-state index is -3.52. The number of rotatable bonds is 5. The topological polar surface area (TPSA) is 75.7 Å². The second kappa shape index (κ2) is 7.55. The Balaban J connectivity index is 1.72. The van der Waals surface area contributed by atoms with Gasteiger partial charge in [0.25, 0.3) is 10.0 Å². The van der Waals surface area contributed by atoms with Gasteiger partial charge in [0, 0.05) is 13.1 Å². The van der Waals surface area contributed by atoms with Crippen LogP contribution in [0.1, 0.15) is 12.8 Å². The molecule has 0 unspecified atom stereocenters. The summed E-state index contributed by atoms with van der Waals surface area (Å²) in [5.41, 5.74) is 0.591. The highest BCUT2D eigenvalue weighted by Gasteiger charge is 2.34. The van der Waals surface area contributed by atoms with Crippen LogP contribution in [0.5, 0.6) is 5.75 Å². The molecule has 0 spiro atoms. The molecule has 2 aromatic rings. The fourth-order valence-electron chi connectivity index (χ4n) is 2.89. The number of methoxy groups -OCH3 is 1. The summed E-state index contributed by atoms with van der Waals surface area (Å²) in [7, 11) is -1.98. The lowest BCUT2D eigenvalue weighted by Gasteiger charge is -2.30. The second-order valence-electron chi connectivity index (χ2n) is 5.82. The van der Waals surface area contributed by atoms with Crippen molar-refractivity contribution in [3.63, 3.8) is 0 Å². The Morgan fingerprint density at radius 3 is 2.80 bits per heavy atom. The number of amides is 1. The summed E-state index contributed by atoms with van der Waals surface area (Å²) >= 11 is 1.19. The summed E-state index contributed by atoms with van der Waals surface area (Å²) in [6, 6.07) is 10.5. The Kier molecular flexibility index (Phi) is 5.41. The average molecular weight is 380 g/mol. The molecule has 3 rings (SSSR count). The quantitative estimate of drug-likeness (QED) is 0.865. The molecule has 1 aromatic heterocycles. The highest BCUT2D eigenvalue weighted by atomic mass is 32.2. The van der Waals surface area contributed by atoms with Gasteiger partial charge in [-0.25, -0.2) is 8.42 Å². The molecule has 1 saturated heterocycles. The lowest BCUT2D eigenvalue weighted by molar-refractivity contribution is -0.120. The van der Waals surface area contributed by atoms with E-state index in [9.17, 15) is 13.2 Å². The van der Waals surface area contributed by atoms with Crippen LogP contribution in [0.4, 0.5) is 5.69 Å². The predicted octanol–water partition coefficient (Wildman–Crippen LogP) is 2.80. The number of para-hydroxylation sites is 2. The Labute approximate surface area is 151 Å². The van der Waals surface area contributed by atoms with Crippen molar-refractivity contribution in [1.82, 2.24) is 4.31 Å². The highest BCUT2D eigenvalue weighted by Crippen LogP contribution is 2.28. The number of benzene rings is 1. The monoisotopic (exact) mass is 380 g/mol. The van der Waals surface area contributed by atoms with Crippen molar-refractivity contribution >= 4 is 33.0 Å². The number of carbonyl (C=O) groups excluding carboxylic acids is 1. The number of thiophene rings is 1. The third-order valence-corrected chi connectivity index (χ3v) is 7.45. The molecule has 1 amide bonds. The van der Waals surface area contributed by atoms with Gasteiger partial charge in [-0.1, -0.05) is 18.2 Å². The minimum absolute atomic E-state index is 0.185. The van der Waals surface area contributed by atoms with Crippen molar-refractivity contribution in [3.05, 3.63) is 41.8 Å². The Bertz CT molecular complexity index is 834. The lowest BCUT2D eigenvalue weighted by atomic mass is 9.98. The number of nitrogens with zero attached hydrogens (tertiary/aromatic N) is 1. The number of piperidine rings is 1. The van der Waals surface area contributed by atoms with E-state index in [4.69, 9.17) is 4.74 Å². The van der Waals surface area contributed by atoms with E-state index in [0.717, 1.165) is 0 Å². The summed E-state index contributed by atoms with van der Waals surface area (Å²) in [6.07, 6.45) is 1.33. The molecule has 1 atom stereocenters. The van der Waals surface area contributed by atoms with Crippen LogP contribution < -0.4 is 10.1 Å². The van der Waals surface area contributed by atoms with E-state index in [-0.39, 0.29) is 18.4 Å². The molecule has 25 heavy (non-hydrogen) atoms. The zero-order valence-corrected chi connectivity index (χ0v) is 15.5. The van der Waals surface area contributed by atoms with Gasteiger partial charge < -0.3 is 10.1 Å². The first-order chi connectivity index (χ1) is 12.0. The number of ether oxygens (including phenoxy) is 1. The van der Waals surface area contributed by atoms with Gasteiger partial charge >= 0.3 is 0 Å². The number of sulfonamides is 1. The molecule has 0 bridgehead atoms. The maximum Gasteiger partial charge on any atom is 0.252 e. The fraction of sp³-hybridized carbons (Fsp3) is 0.353. The van der Waals surface area contributed by atoms with Gasteiger partial charge in [0.05, 0.1) is 18.7 Å². The Morgan fingerprint density at radius 1 is 1.28 bits per heavy atom. The molecule has 2 heterocycles. The van der Waals surface area contributed by atoms with E-state index in [0.29, 0.717) is 35.0 Å². The molecule has 6 nitrogen and oxygen atoms in total. The van der Waals surface area contributed by atoms with Crippen molar-refractivity contribution in [3.8, 4) is 5.75 Å². The summed E-state index contributed by atoms with van der Waals surface area (Å²) in [6.45, 7) is 0.639. The molecule has 0 radical (unpaired) electrons. The zero-order valence-electron chi connectivity index (χ0n) is 13.8. The van der Waals surface area contributed by atoms with Gasteiger partial charge in [0.2, 0.25) is 5.91 Å². The van der Waals surface area contributed by atoms with E-state index in [2.05, 4.69) is 5.32 Å². The van der Waals surface area contributed by atoms with Crippen LogP contribution in [0.2, 0.25) is 0 Å². The van der Waals surface area contributed by atoms with Gasteiger partial charge in [-0.3, -0.25) is 4.79 Å². The summed E-state index contributed by atoms with van der Waals surface area (Å²) in [5.74, 6) is 0.0127. The lowest BCUT2D eigenvalue weighted by Crippen LogP contribution is -2.43. The molecule has 1 aromatic carbocycles. The molecule has 1 fully saturated rings. The van der Waals surface area contributed by atoms with Crippen LogP contribution in [0.15, 0.2) is 46.0 Å². The van der Waals surface area contributed by atoms with E-state index in [1.165, 1.54) is 15.6 Å². The maximum absolute atomic E-state index is 12.7.